The molecule has 0 aromatic carbocycles. The van der Waals surface area contributed by atoms with Crippen molar-refractivity contribution >= 4 is 5.82 Å². The molecular formula is C12H19N3O. The van der Waals surface area contributed by atoms with Crippen molar-refractivity contribution < 1.29 is 4.74 Å². The van der Waals surface area contributed by atoms with Crippen LogP contribution in [0.5, 0.6) is 0 Å². The highest BCUT2D eigenvalue weighted by molar-refractivity contribution is 5.35. The lowest BCUT2D eigenvalue weighted by atomic mass is 10.2. The second-order valence-corrected chi connectivity index (χ2v) is 4.20. The van der Waals surface area contributed by atoms with Gasteiger partial charge in [0.2, 0.25) is 0 Å². The molecule has 1 heterocycles. The van der Waals surface area contributed by atoms with Gasteiger partial charge in [-0.1, -0.05) is 6.92 Å². The molecule has 0 amide bonds. The first kappa shape index (κ1) is 11.3. The Bertz CT molecular complexity index is 341. The minimum Gasteiger partial charge on any atom is -0.373 e. The van der Waals surface area contributed by atoms with Crippen molar-refractivity contribution in [2.24, 2.45) is 5.92 Å². The van der Waals surface area contributed by atoms with E-state index in [-0.39, 0.29) is 6.10 Å². The number of nitrogens with one attached hydrogen (secondary N) is 1. The van der Waals surface area contributed by atoms with Crippen molar-refractivity contribution in [3.8, 4) is 0 Å². The third-order valence-electron chi connectivity index (χ3n) is 2.97. The number of nitrogens with zero attached hydrogens (tertiary/aromatic N) is 2. The number of aryl methyl sites for hydroxylation is 1. The molecule has 1 atom stereocenters. The lowest BCUT2D eigenvalue weighted by Crippen LogP contribution is -2.11. The standard InChI is InChI=1S/C12H19N3O/c1-4-9-7-10(13-2)15-12(14-9)11(16-3)8-5-6-8/h7-8,11H,4-6H2,1-3H3,(H,13,14,15). The number of methoxy groups -OCH3 is 1. The van der Waals surface area contributed by atoms with E-state index in [2.05, 4.69) is 22.2 Å². The minimum absolute atomic E-state index is 0.0681. The zero-order valence-corrected chi connectivity index (χ0v) is 10.2. The second-order valence-electron chi connectivity index (χ2n) is 4.20. The molecular weight excluding hydrogens is 202 g/mol. The van der Waals surface area contributed by atoms with Gasteiger partial charge in [-0.3, -0.25) is 0 Å². The molecule has 16 heavy (non-hydrogen) atoms. The molecule has 4 heteroatoms. The van der Waals surface area contributed by atoms with Crippen LogP contribution >= 0.6 is 0 Å². The number of aromatic nitrogens is 2. The highest BCUT2D eigenvalue weighted by Gasteiger charge is 2.34. The zero-order valence-electron chi connectivity index (χ0n) is 10.2. The van der Waals surface area contributed by atoms with Crippen LogP contribution in [0.2, 0.25) is 0 Å². The lowest BCUT2D eigenvalue weighted by molar-refractivity contribution is 0.0771. The molecule has 1 N–H and O–H groups in total. The van der Waals surface area contributed by atoms with E-state index in [0.29, 0.717) is 5.92 Å². The molecule has 0 bridgehead atoms. The Morgan fingerprint density at radius 3 is 2.75 bits per heavy atom. The molecule has 1 unspecified atom stereocenters. The minimum atomic E-state index is 0.0681. The van der Waals surface area contributed by atoms with Crippen LogP contribution in [0.3, 0.4) is 0 Å². The summed E-state index contributed by atoms with van der Waals surface area (Å²) in [7, 11) is 3.62. The molecule has 88 valence electrons. The van der Waals surface area contributed by atoms with Crippen LogP contribution in [-0.4, -0.2) is 24.1 Å². The van der Waals surface area contributed by atoms with Crippen LogP contribution in [0.4, 0.5) is 5.82 Å². The summed E-state index contributed by atoms with van der Waals surface area (Å²) in [4.78, 5) is 9.04. The SMILES string of the molecule is CCc1cc(NC)nc(C(OC)C2CC2)n1. The highest BCUT2D eigenvalue weighted by Crippen LogP contribution is 2.42. The number of anilines is 1. The average Bonchev–Trinajstić information content (AvgIpc) is 3.14. The van der Waals surface area contributed by atoms with Crippen molar-refractivity contribution in [2.45, 2.75) is 32.3 Å². The monoisotopic (exact) mass is 221 g/mol. The van der Waals surface area contributed by atoms with Gasteiger partial charge < -0.3 is 10.1 Å². The summed E-state index contributed by atoms with van der Waals surface area (Å²) in [5.74, 6) is 2.32. The quantitative estimate of drug-likeness (QED) is 0.827. The molecule has 2 rings (SSSR count). The van der Waals surface area contributed by atoms with E-state index in [4.69, 9.17) is 4.74 Å². The molecule has 1 aliphatic carbocycles. The first-order valence-electron chi connectivity index (χ1n) is 5.86. The first-order valence-corrected chi connectivity index (χ1v) is 5.86. The van der Waals surface area contributed by atoms with Gasteiger partial charge in [0.05, 0.1) is 0 Å². The van der Waals surface area contributed by atoms with Gasteiger partial charge in [-0.2, -0.15) is 0 Å². The van der Waals surface area contributed by atoms with Crippen molar-refractivity contribution in [1.82, 2.24) is 9.97 Å². The van der Waals surface area contributed by atoms with E-state index >= 15 is 0 Å². The summed E-state index contributed by atoms with van der Waals surface area (Å²) in [6.07, 6.45) is 3.45. The molecule has 1 saturated carbocycles. The fraction of sp³-hybridized carbons (Fsp3) is 0.667. The molecule has 0 radical (unpaired) electrons. The largest absolute Gasteiger partial charge is 0.373 e. The topological polar surface area (TPSA) is 47.0 Å². The Hall–Kier alpha value is -1.16. The van der Waals surface area contributed by atoms with Crippen LogP contribution in [0.25, 0.3) is 0 Å². The summed E-state index contributed by atoms with van der Waals surface area (Å²) in [5, 5.41) is 3.07. The summed E-state index contributed by atoms with van der Waals surface area (Å²) < 4.78 is 5.51. The summed E-state index contributed by atoms with van der Waals surface area (Å²) in [6, 6.07) is 1.99. The molecule has 1 aromatic heterocycles. The van der Waals surface area contributed by atoms with Crippen LogP contribution in [0.15, 0.2) is 6.07 Å². The van der Waals surface area contributed by atoms with E-state index in [1.165, 1.54) is 12.8 Å². The van der Waals surface area contributed by atoms with Gasteiger partial charge in [0, 0.05) is 25.9 Å². The first-order chi connectivity index (χ1) is 7.78. The Morgan fingerprint density at radius 2 is 2.25 bits per heavy atom. The zero-order chi connectivity index (χ0) is 11.5. The molecule has 0 saturated heterocycles. The molecule has 0 aliphatic heterocycles. The molecule has 1 fully saturated rings. The van der Waals surface area contributed by atoms with Gasteiger partial charge in [-0.25, -0.2) is 9.97 Å². The van der Waals surface area contributed by atoms with E-state index in [9.17, 15) is 0 Å². The lowest BCUT2D eigenvalue weighted by Gasteiger charge is -2.14. The Kier molecular flexibility index (Phi) is 3.39. The number of hydrogen-bond donors (Lipinski definition) is 1. The maximum Gasteiger partial charge on any atom is 0.159 e. The summed E-state index contributed by atoms with van der Waals surface area (Å²) in [5.41, 5.74) is 1.07. The van der Waals surface area contributed by atoms with E-state index in [0.717, 1.165) is 23.8 Å². The third kappa shape index (κ3) is 2.32. The second kappa shape index (κ2) is 4.78. The van der Waals surface area contributed by atoms with Gasteiger partial charge in [0.15, 0.2) is 5.82 Å². The van der Waals surface area contributed by atoms with Crippen molar-refractivity contribution in [2.75, 3.05) is 19.5 Å². The normalized spacial score (nSPS) is 17.2. The van der Waals surface area contributed by atoms with Crippen LogP contribution in [0.1, 0.15) is 37.4 Å². The Morgan fingerprint density at radius 1 is 1.50 bits per heavy atom. The smallest absolute Gasteiger partial charge is 0.159 e. The third-order valence-corrected chi connectivity index (χ3v) is 2.97. The van der Waals surface area contributed by atoms with E-state index < -0.39 is 0 Å². The van der Waals surface area contributed by atoms with Crippen molar-refractivity contribution in [3.63, 3.8) is 0 Å². The van der Waals surface area contributed by atoms with Crippen LogP contribution in [0, 0.1) is 5.92 Å². The Labute approximate surface area is 96.4 Å². The van der Waals surface area contributed by atoms with E-state index in [1.807, 2.05) is 13.1 Å². The highest BCUT2D eigenvalue weighted by atomic mass is 16.5. The molecule has 4 nitrogen and oxygen atoms in total. The molecule has 1 aromatic rings. The average molecular weight is 221 g/mol. The van der Waals surface area contributed by atoms with Gasteiger partial charge >= 0.3 is 0 Å². The van der Waals surface area contributed by atoms with Gasteiger partial charge in [-0.15, -0.1) is 0 Å². The van der Waals surface area contributed by atoms with Crippen molar-refractivity contribution in [3.05, 3.63) is 17.6 Å². The predicted molar refractivity (Wildman–Crippen MR) is 63.4 cm³/mol. The van der Waals surface area contributed by atoms with Crippen molar-refractivity contribution in [1.29, 1.82) is 0 Å². The fourth-order valence-electron chi connectivity index (χ4n) is 1.86. The summed E-state index contributed by atoms with van der Waals surface area (Å²) in [6.45, 7) is 2.10. The maximum absolute atomic E-state index is 5.51. The van der Waals surface area contributed by atoms with Crippen LogP contribution < -0.4 is 5.32 Å². The number of hydrogen-bond acceptors (Lipinski definition) is 4. The Balaban J connectivity index is 2.30. The number of rotatable bonds is 5. The van der Waals surface area contributed by atoms with Gasteiger partial charge in [0.1, 0.15) is 11.9 Å². The van der Waals surface area contributed by atoms with Crippen LogP contribution in [-0.2, 0) is 11.2 Å². The van der Waals surface area contributed by atoms with Gasteiger partial charge in [-0.05, 0) is 25.2 Å². The summed E-state index contributed by atoms with van der Waals surface area (Å²) >= 11 is 0. The number of ether oxygens (including phenoxy) is 1. The fourth-order valence-corrected chi connectivity index (χ4v) is 1.86. The molecule has 1 aliphatic rings. The molecule has 0 spiro atoms. The maximum atomic E-state index is 5.51. The van der Waals surface area contributed by atoms with Gasteiger partial charge in [0.25, 0.3) is 0 Å². The van der Waals surface area contributed by atoms with E-state index in [1.54, 1.807) is 7.11 Å². The predicted octanol–water partition coefficient (Wildman–Crippen LogP) is 2.18.